The van der Waals surface area contributed by atoms with E-state index in [0.29, 0.717) is 17.0 Å². The van der Waals surface area contributed by atoms with Crippen molar-refractivity contribution < 1.29 is 14.2 Å². The molecule has 2 aromatic rings. The predicted octanol–water partition coefficient (Wildman–Crippen LogP) is 3.73. The minimum atomic E-state index is -0.402. The number of aromatic hydroxyl groups is 1. The van der Waals surface area contributed by atoms with Crippen molar-refractivity contribution in [2.45, 2.75) is 19.8 Å². The number of nitrogens with zero attached hydrogens (tertiary/aromatic N) is 1. The molecule has 0 atom stereocenters. The average molecular weight is 261 g/mol. The van der Waals surface area contributed by atoms with Gasteiger partial charge in [0.15, 0.2) is 0 Å². The van der Waals surface area contributed by atoms with Crippen LogP contribution in [0.1, 0.15) is 25.3 Å². The summed E-state index contributed by atoms with van der Waals surface area (Å²) in [6.45, 7) is 3.68. The van der Waals surface area contributed by atoms with Gasteiger partial charge in [-0.25, -0.2) is 9.37 Å². The van der Waals surface area contributed by atoms with Crippen molar-refractivity contribution in [1.82, 2.24) is 4.98 Å². The molecule has 4 heteroatoms. The van der Waals surface area contributed by atoms with Crippen LogP contribution in [-0.2, 0) is 0 Å². The molecule has 1 aromatic carbocycles. The zero-order valence-corrected chi connectivity index (χ0v) is 11.1. The molecule has 0 fully saturated rings. The molecule has 100 valence electrons. The second-order valence-corrected chi connectivity index (χ2v) is 4.63. The van der Waals surface area contributed by atoms with Gasteiger partial charge in [-0.15, -0.1) is 0 Å². The number of hydrogen-bond donors (Lipinski definition) is 1. The maximum atomic E-state index is 14.0. The smallest absolute Gasteiger partial charge is 0.213 e. The van der Waals surface area contributed by atoms with Crippen molar-refractivity contribution in [2.75, 3.05) is 7.11 Å². The highest BCUT2D eigenvalue weighted by molar-refractivity contribution is 5.67. The number of halogens is 1. The van der Waals surface area contributed by atoms with E-state index in [2.05, 4.69) is 4.98 Å². The van der Waals surface area contributed by atoms with Crippen LogP contribution in [0.4, 0.5) is 4.39 Å². The van der Waals surface area contributed by atoms with Crippen molar-refractivity contribution >= 4 is 0 Å². The lowest BCUT2D eigenvalue weighted by molar-refractivity contribution is 0.398. The third-order valence-electron chi connectivity index (χ3n) is 2.96. The molecule has 19 heavy (non-hydrogen) atoms. The van der Waals surface area contributed by atoms with Crippen LogP contribution in [0.3, 0.4) is 0 Å². The van der Waals surface area contributed by atoms with Gasteiger partial charge in [-0.2, -0.15) is 0 Å². The minimum Gasteiger partial charge on any atom is -0.508 e. The fraction of sp³-hybridized carbons (Fsp3) is 0.267. The Balaban J connectivity index is 2.52. The number of aromatic nitrogens is 1. The highest BCUT2D eigenvalue weighted by Gasteiger charge is 2.14. The van der Waals surface area contributed by atoms with E-state index in [1.54, 1.807) is 24.4 Å². The number of rotatable bonds is 3. The summed E-state index contributed by atoms with van der Waals surface area (Å²) in [5.41, 5.74) is 1.68. The maximum absolute atomic E-state index is 14.0. The van der Waals surface area contributed by atoms with Crippen LogP contribution in [0.15, 0.2) is 30.5 Å². The van der Waals surface area contributed by atoms with Gasteiger partial charge in [-0.05, 0) is 35.2 Å². The third-order valence-corrected chi connectivity index (χ3v) is 2.96. The first-order valence-corrected chi connectivity index (χ1v) is 6.05. The molecule has 1 aromatic heterocycles. The first-order valence-electron chi connectivity index (χ1n) is 6.05. The normalized spacial score (nSPS) is 10.8. The molecule has 0 aliphatic carbocycles. The van der Waals surface area contributed by atoms with E-state index in [0.717, 1.165) is 5.56 Å². The van der Waals surface area contributed by atoms with Crippen LogP contribution in [-0.4, -0.2) is 17.2 Å². The topological polar surface area (TPSA) is 42.4 Å². The average Bonchev–Trinajstić information content (AvgIpc) is 2.37. The molecular weight excluding hydrogens is 245 g/mol. The summed E-state index contributed by atoms with van der Waals surface area (Å²) in [6, 6.07) is 6.42. The molecule has 0 amide bonds. The van der Waals surface area contributed by atoms with Crippen LogP contribution in [0.5, 0.6) is 11.6 Å². The van der Waals surface area contributed by atoms with Crippen LogP contribution in [0.25, 0.3) is 11.1 Å². The monoisotopic (exact) mass is 261 g/mol. The van der Waals surface area contributed by atoms with Crippen molar-refractivity contribution in [3.05, 3.63) is 41.8 Å². The van der Waals surface area contributed by atoms with E-state index in [1.165, 1.54) is 13.2 Å². The Bertz CT molecular complexity index is 573. The van der Waals surface area contributed by atoms with Crippen LogP contribution >= 0.6 is 0 Å². The standard InChI is InChI=1S/C15H16FNO2/c1-9(2)15-12(16)6-11(7-13(15)18)10-4-5-17-14(8-10)19-3/h4-9,18H,1-3H3. The van der Waals surface area contributed by atoms with Crippen molar-refractivity contribution in [3.8, 4) is 22.8 Å². The largest absolute Gasteiger partial charge is 0.508 e. The lowest BCUT2D eigenvalue weighted by atomic mass is 9.97. The van der Waals surface area contributed by atoms with Crippen molar-refractivity contribution in [1.29, 1.82) is 0 Å². The highest BCUT2D eigenvalue weighted by Crippen LogP contribution is 2.33. The van der Waals surface area contributed by atoms with E-state index in [9.17, 15) is 9.50 Å². The zero-order valence-electron chi connectivity index (χ0n) is 11.1. The molecule has 3 nitrogen and oxygen atoms in total. The summed E-state index contributed by atoms with van der Waals surface area (Å²) in [5, 5.41) is 9.94. The number of phenolic OH excluding ortho intramolecular Hbond substituents is 1. The number of phenols is 1. The number of hydrogen-bond acceptors (Lipinski definition) is 3. The summed E-state index contributed by atoms with van der Waals surface area (Å²) in [7, 11) is 1.52. The number of benzene rings is 1. The molecule has 0 spiro atoms. The van der Waals surface area contributed by atoms with Crippen molar-refractivity contribution in [2.24, 2.45) is 0 Å². The Labute approximate surface area is 111 Å². The lowest BCUT2D eigenvalue weighted by Crippen LogP contribution is -1.95. The van der Waals surface area contributed by atoms with E-state index in [4.69, 9.17) is 4.74 Å². The maximum Gasteiger partial charge on any atom is 0.213 e. The third kappa shape index (κ3) is 2.67. The quantitative estimate of drug-likeness (QED) is 0.915. The van der Waals surface area contributed by atoms with E-state index in [1.807, 2.05) is 13.8 Å². The first kappa shape index (κ1) is 13.3. The molecule has 0 bridgehead atoms. The van der Waals surface area contributed by atoms with Gasteiger partial charge in [0.05, 0.1) is 7.11 Å². The number of pyridine rings is 1. The Hall–Kier alpha value is -2.10. The molecule has 0 radical (unpaired) electrons. The molecular formula is C15H16FNO2. The fourth-order valence-corrected chi connectivity index (χ4v) is 2.04. The van der Waals surface area contributed by atoms with Gasteiger partial charge in [-0.1, -0.05) is 13.8 Å². The molecule has 0 aliphatic heterocycles. The fourth-order valence-electron chi connectivity index (χ4n) is 2.04. The molecule has 2 rings (SSSR count). The van der Waals surface area contributed by atoms with E-state index in [-0.39, 0.29) is 11.7 Å². The van der Waals surface area contributed by atoms with Gasteiger partial charge in [0.25, 0.3) is 0 Å². The number of methoxy groups -OCH3 is 1. The van der Waals surface area contributed by atoms with Crippen molar-refractivity contribution in [3.63, 3.8) is 0 Å². The second-order valence-electron chi connectivity index (χ2n) is 4.63. The van der Waals surface area contributed by atoms with Gasteiger partial charge >= 0.3 is 0 Å². The summed E-state index contributed by atoms with van der Waals surface area (Å²) >= 11 is 0. The Kier molecular flexibility index (Phi) is 3.69. The van der Waals surface area contributed by atoms with Crippen LogP contribution < -0.4 is 4.74 Å². The SMILES string of the molecule is COc1cc(-c2cc(O)c(C(C)C)c(F)c2)ccn1. The van der Waals surface area contributed by atoms with Gasteiger partial charge < -0.3 is 9.84 Å². The number of ether oxygens (including phenoxy) is 1. The van der Waals surface area contributed by atoms with E-state index < -0.39 is 5.82 Å². The van der Waals surface area contributed by atoms with Gasteiger partial charge in [0.2, 0.25) is 5.88 Å². The highest BCUT2D eigenvalue weighted by atomic mass is 19.1. The molecule has 1 N–H and O–H groups in total. The second kappa shape index (κ2) is 5.26. The molecule has 0 saturated carbocycles. The minimum absolute atomic E-state index is 0.0271. The Morgan fingerprint density at radius 2 is 1.95 bits per heavy atom. The molecule has 0 unspecified atom stereocenters. The van der Waals surface area contributed by atoms with Gasteiger partial charge in [0, 0.05) is 17.8 Å². The summed E-state index contributed by atoms with van der Waals surface area (Å²) in [6.07, 6.45) is 1.58. The van der Waals surface area contributed by atoms with Crippen LogP contribution in [0, 0.1) is 5.82 Å². The predicted molar refractivity (Wildman–Crippen MR) is 71.9 cm³/mol. The zero-order chi connectivity index (χ0) is 14.0. The molecule has 0 saturated heterocycles. The van der Waals surface area contributed by atoms with Gasteiger partial charge in [-0.3, -0.25) is 0 Å². The lowest BCUT2D eigenvalue weighted by Gasteiger charge is -2.12. The Morgan fingerprint density at radius 1 is 1.21 bits per heavy atom. The van der Waals surface area contributed by atoms with Crippen LogP contribution in [0.2, 0.25) is 0 Å². The summed E-state index contributed by atoms with van der Waals surface area (Å²) in [4.78, 5) is 4.00. The summed E-state index contributed by atoms with van der Waals surface area (Å²) < 4.78 is 19.1. The Morgan fingerprint density at radius 3 is 2.53 bits per heavy atom. The molecule has 1 heterocycles. The first-order chi connectivity index (χ1) is 9.02. The van der Waals surface area contributed by atoms with E-state index >= 15 is 0 Å². The van der Waals surface area contributed by atoms with Gasteiger partial charge in [0.1, 0.15) is 11.6 Å². The molecule has 0 aliphatic rings. The summed E-state index contributed by atoms with van der Waals surface area (Å²) in [5.74, 6) is -0.0482.